The number of anilines is 1. The lowest BCUT2D eigenvalue weighted by atomic mass is 10.0. The zero-order valence-electron chi connectivity index (χ0n) is 20.8. The lowest BCUT2D eigenvalue weighted by Crippen LogP contribution is -2.14. The van der Waals surface area contributed by atoms with Crippen LogP contribution in [0.5, 0.6) is 11.5 Å². The molecule has 3 aromatic carbocycles. The number of nitrogens with zero attached hydrogens (tertiary/aromatic N) is 3. The second kappa shape index (κ2) is 10.1. The van der Waals surface area contributed by atoms with Crippen LogP contribution in [0.2, 0.25) is 5.02 Å². The van der Waals surface area contributed by atoms with Gasteiger partial charge in [-0.05, 0) is 61.9 Å². The Morgan fingerprint density at radius 3 is 2.76 bits per heavy atom. The third kappa shape index (κ3) is 4.73. The molecule has 0 bridgehead atoms. The molecule has 5 aromatic rings. The quantitative estimate of drug-likeness (QED) is 0.229. The molecule has 2 unspecified atom stereocenters. The van der Waals surface area contributed by atoms with Gasteiger partial charge in [-0.1, -0.05) is 41.1 Å². The van der Waals surface area contributed by atoms with Crippen molar-refractivity contribution >= 4 is 44.2 Å². The molecule has 2 atom stereocenters. The van der Waals surface area contributed by atoms with Crippen molar-refractivity contribution in [3.63, 3.8) is 0 Å². The second-order valence-electron chi connectivity index (χ2n) is 9.08. The van der Waals surface area contributed by atoms with Crippen molar-refractivity contribution in [1.29, 1.82) is 0 Å². The molecular weight excluding hydrogens is 520 g/mol. The summed E-state index contributed by atoms with van der Waals surface area (Å²) in [6.45, 7) is 2.55. The predicted molar refractivity (Wildman–Crippen MR) is 151 cm³/mol. The number of para-hydroxylation sites is 1. The van der Waals surface area contributed by atoms with E-state index in [1.807, 2.05) is 84.5 Å². The van der Waals surface area contributed by atoms with Crippen LogP contribution in [0.1, 0.15) is 24.8 Å². The van der Waals surface area contributed by atoms with E-state index in [-0.39, 0.29) is 17.7 Å². The average Bonchev–Trinajstić information content (AvgIpc) is 3.44. The van der Waals surface area contributed by atoms with Crippen molar-refractivity contribution in [2.24, 2.45) is 5.92 Å². The molecule has 2 aromatic heterocycles. The van der Waals surface area contributed by atoms with Gasteiger partial charge in [-0.2, -0.15) is 5.10 Å². The van der Waals surface area contributed by atoms with Crippen LogP contribution in [0.25, 0.3) is 27.2 Å². The van der Waals surface area contributed by atoms with Crippen LogP contribution in [0.4, 0.5) is 5.13 Å². The minimum absolute atomic E-state index is 0.0368. The SMILES string of the molecule is CCOc1ccc2nc(NC(=O)C3CC3c3cn(-c4ccccc4)nc3-c3ccc(OC)c(Cl)c3)sc2c1. The van der Waals surface area contributed by atoms with Gasteiger partial charge in [0.25, 0.3) is 0 Å². The Labute approximate surface area is 229 Å². The van der Waals surface area contributed by atoms with E-state index in [1.54, 1.807) is 7.11 Å². The molecule has 2 heterocycles. The molecule has 192 valence electrons. The lowest BCUT2D eigenvalue weighted by molar-refractivity contribution is -0.117. The van der Waals surface area contributed by atoms with Gasteiger partial charge in [-0.25, -0.2) is 9.67 Å². The molecule has 0 saturated heterocycles. The summed E-state index contributed by atoms with van der Waals surface area (Å²) in [4.78, 5) is 17.8. The summed E-state index contributed by atoms with van der Waals surface area (Å²) in [6.07, 6.45) is 2.76. The summed E-state index contributed by atoms with van der Waals surface area (Å²) in [5, 5.41) is 9.03. The van der Waals surface area contributed by atoms with E-state index in [2.05, 4.69) is 10.3 Å². The fourth-order valence-corrected chi connectivity index (χ4v) is 5.81. The Kier molecular flexibility index (Phi) is 6.51. The monoisotopic (exact) mass is 544 g/mol. The van der Waals surface area contributed by atoms with Gasteiger partial charge in [0.15, 0.2) is 5.13 Å². The normalized spacial score (nSPS) is 16.4. The van der Waals surface area contributed by atoms with Gasteiger partial charge in [-0.15, -0.1) is 0 Å². The number of thiazole rings is 1. The van der Waals surface area contributed by atoms with Crippen LogP contribution in [0, 0.1) is 5.92 Å². The molecule has 1 N–H and O–H groups in total. The van der Waals surface area contributed by atoms with Gasteiger partial charge in [0.2, 0.25) is 5.91 Å². The smallest absolute Gasteiger partial charge is 0.229 e. The first kappa shape index (κ1) is 24.5. The maximum absolute atomic E-state index is 13.2. The van der Waals surface area contributed by atoms with Crippen molar-refractivity contribution in [1.82, 2.24) is 14.8 Å². The number of methoxy groups -OCH3 is 1. The standard InChI is InChI=1S/C29H25ClN4O3S/c1-3-37-19-10-11-24-26(14-19)38-29(31-24)32-28(35)21-15-20(21)22-16-34(18-7-5-4-6-8-18)33-27(22)17-9-12-25(36-2)23(30)13-17/h4-14,16,20-21H,3,15H2,1-2H3,(H,31,32,35). The van der Waals surface area contributed by atoms with E-state index in [1.165, 1.54) is 11.3 Å². The van der Waals surface area contributed by atoms with Crippen LogP contribution in [-0.2, 0) is 4.79 Å². The van der Waals surface area contributed by atoms with Crippen LogP contribution in [0.15, 0.2) is 72.9 Å². The van der Waals surface area contributed by atoms with Gasteiger partial charge in [0.05, 0.1) is 40.3 Å². The summed E-state index contributed by atoms with van der Waals surface area (Å²) >= 11 is 7.89. The molecule has 1 amide bonds. The molecule has 7 nitrogen and oxygen atoms in total. The van der Waals surface area contributed by atoms with Crippen molar-refractivity contribution in [2.75, 3.05) is 19.0 Å². The molecule has 1 aliphatic carbocycles. The van der Waals surface area contributed by atoms with E-state index in [0.29, 0.717) is 22.5 Å². The van der Waals surface area contributed by atoms with Gasteiger partial charge in [0, 0.05) is 29.2 Å². The number of carbonyl (C=O) groups is 1. The van der Waals surface area contributed by atoms with Crippen molar-refractivity contribution < 1.29 is 14.3 Å². The molecule has 0 radical (unpaired) electrons. The maximum Gasteiger partial charge on any atom is 0.229 e. The Morgan fingerprint density at radius 2 is 2.00 bits per heavy atom. The van der Waals surface area contributed by atoms with Gasteiger partial charge in [0.1, 0.15) is 11.5 Å². The first-order valence-corrected chi connectivity index (χ1v) is 13.6. The number of hydrogen-bond donors (Lipinski definition) is 1. The van der Waals surface area contributed by atoms with Crippen LogP contribution in [0.3, 0.4) is 0 Å². The Morgan fingerprint density at radius 1 is 1.16 bits per heavy atom. The highest BCUT2D eigenvalue weighted by Gasteiger charge is 2.46. The zero-order valence-corrected chi connectivity index (χ0v) is 22.4. The molecule has 38 heavy (non-hydrogen) atoms. The summed E-state index contributed by atoms with van der Waals surface area (Å²) in [5.41, 5.74) is 4.48. The number of rotatable bonds is 8. The Hall–Kier alpha value is -3.88. The summed E-state index contributed by atoms with van der Waals surface area (Å²) in [7, 11) is 1.59. The van der Waals surface area contributed by atoms with E-state index in [9.17, 15) is 4.79 Å². The van der Waals surface area contributed by atoms with Crippen molar-refractivity contribution in [2.45, 2.75) is 19.3 Å². The molecular formula is C29H25ClN4O3S. The molecule has 6 rings (SSSR count). The third-order valence-electron chi connectivity index (χ3n) is 6.62. The summed E-state index contributed by atoms with van der Waals surface area (Å²) in [5.74, 6) is 1.24. The number of aromatic nitrogens is 3. The number of hydrogen-bond acceptors (Lipinski definition) is 6. The number of nitrogens with one attached hydrogen (secondary N) is 1. The Balaban J connectivity index is 1.27. The lowest BCUT2D eigenvalue weighted by Gasteiger charge is -2.06. The third-order valence-corrected chi connectivity index (χ3v) is 7.85. The van der Waals surface area contributed by atoms with Crippen molar-refractivity contribution in [3.8, 4) is 28.4 Å². The minimum Gasteiger partial charge on any atom is -0.495 e. The fourth-order valence-electron chi connectivity index (χ4n) is 4.65. The number of halogens is 1. The first-order valence-electron chi connectivity index (χ1n) is 12.4. The van der Waals surface area contributed by atoms with Crippen LogP contribution in [-0.4, -0.2) is 34.4 Å². The second-order valence-corrected chi connectivity index (χ2v) is 10.5. The average molecular weight is 545 g/mol. The van der Waals surface area contributed by atoms with Crippen LogP contribution < -0.4 is 14.8 Å². The number of benzene rings is 3. The van der Waals surface area contributed by atoms with Gasteiger partial charge in [-0.3, -0.25) is 4.79 Å². The highest BCUT2D eigenvalue weighted by Crippen LogP contribution is 2.51. The summed E-state index contributed by atoms with van der Waals surface area (Å²) in [6, 6.07) is 21.3. The van der Waals surface area contributed by atoms with E-state index >= 15 is 0 Å². The van der Waals surface area contributed by atoms with Gasteiger partial charge < -0.3 is 14.8 Å². The van der Waals surface area contributed by atoms with Gasteiger partial charge >= 0.3 is 0 Å². The predicted octanol–water partition coefficient (Wildman–Crippen LogP) is 6.95. The van der Waals surface area contributed by atoms with E-state index in [0.717, 1.165) is 44.9 Å². The molecule has 0 spiro atoms. The largest absolute Gasteiger partial charge is 0.495 e. The fraction of sp³-hybridized carbons (Fsp3) is 0.207. The van der Waals surface area contributed by atoms with Crippen LogP contribution >= 0.6 is 22.9 Å². The topological polar surface area (TPSA) is 78.3 Å². The highest BCUT2D eigenvalue weighted by molar-refractivity contribution is 7.22. The number of ether oxygens (including phenoxy) is 2. The summed E-state index contributed by atoms with van der Waals surface area (Å²) < 4.78 is 13.7. The van der Waals surface area contributed by atoms with Crippen molar-refractivity contribution in [3.05, 3.63) is 83.5 Å². The molecule has 1 fully saturated rings. The van der Waals surface area contributed by atoms with E-state index < -0.39 is 0 Å². The Bertz CT molecular complexity index is 1630. The molecule has 9 heteroatoms. The molecule has 1 saturated carbocycles. The molecule has 0 aliphatic heterocycles. The minimum atomic E-state index is -0.165. The number of carbonyl (C=O) groups excluding carboxylic acids is 1. The maximum atomic E-state index is 13.2. The number of fused-ring (bicyclic) bond motifs is 1. The van der Waals surface area contributed by atoms with E-state index in [4.69, 9.17) is 26.2 Å². The first-order chi connectivity index (χ1) is 18.5. The highest BCUT2D eigenvalue weighted by atomic mass is 35.5. The number of amides is 1. The zero-order chi connectivity index (χ0) is 26.2. The molecule has 1 aliphatic rings.